The van der Waals surface area contributed by atoms with Crippen molar-refractivity contribution >= 4 is 28.9 Å². The number of nitrogens with one attached hydrogen (secondary N) is 1. The number of rotatable bonds is 4. The van der Waals surface area contributed by atoms with Gasteiger partial charge in [-0.1, -0.05) is 6.07 Å². The average molecular weight is 333 g/mol. The summed E-state index contributed by atoms with van der Waals surface area (Å²) < 4.78 is 5.64. The summed E-state index contributed by atoms with van der Waals surface area (Å²) in [5.41, 5.74) is 0.890. The zero-order valence-corrected chi connectivity index (χ0v) is 13.7. The summed E-state index contributed by atoms with van der Waals surface area (Å²) in [6.45, 7) is 3.16. The topological polar surface area (TPSA) is 74.2 Å². The number of nitrogens with zero attached hydrogens (tertiary/aromatic N) is 2. The molecule has 1 aromatic rings. The Labute approximate surface area is 138 Å². The van der Waals surface area contributed by atoms with Gasteiger partial charge in [0.2, 0.25) is 5.96 Å². The van der Waals surface area contributed by atoms with Crippen LogP contribution in [0.1, 0.15) is 24.6 Å². The molecular weight excluding hydrogens is 314 g/mol. The van der Waals surface area contributed by atoms with Crippen LogP contribution in [0.15, 0.2) is 34.0 Å². The van der Waals surface area contributed by atoms with Crippen LogP contribution in [0, 0.1) is 0 Å². The highest BCUT2D eigenvalue weighted by Crippen LogP contribution is 2.31. The van der Waals surface area contributed by atoms with Gasteiger partial charge in [0.15, 0.2) is 17.4 Å². The van der Waals surface area contributed by atoms with E-state index in [1.165, 1.54) is 11.3 Å². The first-order valence-corrected chi connectivity index (χ1v) is 8.56. The highest BCUT2D eigenvalue weighted by atomic mass is 32.1. The van der Waals surface area contributed by atoms with Gasteiger partial charge < -0.3 is 20.1 Å². The molecular formula is C16H19N3O3S. The minimum absolute atomic E-state index is 0.0207. The van der Waals surface area contributed by atoms with E-state index in [2.05, 4.69) is 10.3 Å². The molecule has 1 atom stereocenters. The van der Waals surface area contributed by atoms with E-state index in [-0.39, 0.29) is 18.3 Å². The van der Waals surface area contributed by atoms with Gasteiger partial charge in [-0.05, 0) is 31.2 Å². The smallest absolute Gasteiger partial charge is 0.204 e. The number of carbonyl (C=O) groups excluding carboxylic acids is 1. The summed E-state index contributed by atoms with van der Waals surface area (Å²) in [6.07, 6.45) is 1.90. The van der Waals surface area contributed by atoms with Crippen molar-refractivity contribution in [1.29, 1.82) is 0 Å². The number of aliphatic imine (C=N–C) groups is 1. The predicted octanol–water partition coefficient (Wildman–Crippen LogP) is 1.58. The fourth-order valence-electron chi connectivity index (χ4n) is 2.85. The van der Waals surface area contributed by atoms with Gasteiger partial charge in [-0.3, -0.25) is 0 Å². The molecule has 2 aliphatic rings. The van der Waals surface area contributed by atoms with Crippen LogP contribution in [0.25, 0.3) is 5.70 Å². The Balaban J connectivity index is 2.06. The van der Waals surface area contributed by atoms with Crippen LogP contribution in [-0.2, 0) is 9.53 Å². The summed E-state index contributed by atoms with van der Waals surface area (Å²) in [5, 5.41) is 14.5. The number of ether oxygens (including phenoxy) is 1. The highest BCUT2D eigenvalue weighted by Gasteiger charge is 2.32. The van der Waals surface area contributed by atoms with E-state index in [9.17, 15) is 9.90 Å². The summed E-state index contributed by atoms with van der Waals surface area (Å²) >= 11 is 1.54. The number of guanidine groups is 1. The molecule has 1 aromatic heterocycles. The molecule has 0 bridgehead atoms. The van der Waals surface area contributed by atoms with E-state index in [4.69, 9.17) is 4.74 Å². The standard InChI is InChI=1S/C16H19N3O3S/c1-2-22-15-12(10-21)17-16(19-7-3-5-11(19)9-20)18-14(15)13-6-4-8-23-13/h4,6,8,11,20H,2-3,5,7,9H2,1H3,(H,17,18)/t11-/m0/s1. The first-order valence-electron chi connectivity index (χ1n) is 7.68. The number of hydrogen-bond donors (Lipinski definition) is 2. The van der Waals surface area contributed by atoms with E-state index in [1.54, 1.807) is 0 Å². The molecule has 0 spiro atoms. The molecule has 0 radical (unpaired) electrons. The lowest BCUT2D eigenvalue weighted by molar-refractivity contribution is 0.204. The molecule has 0 aliphatic carbocycles. The van der Waals surface area contributed by atoms with E-state index < -0.39 is 0 Å². The van der Waals surface area contributed by atoms with Crippen LogP contribution in [-0.4, -0.2) is 47.7 Å². The number of likely N-dealkylation sites (tertiary alicyclic amines) is 1. The summed E-state index contributed by atoms with van der Waals surface area (Å²) in [7, 11) is 0. The van der Waals surface area contributed by atoms with Crippen LogP contribution in [0.3, 0.4) is 0 Å². The fraction of sp³-hybridized carbons (Fsp3) is 0.438. The lowest BCUT2D eigenvalue weighted by atomic mass is 10.2. The SMILES string of the molecule is CCOC1=C(c2cccs2)N=C(N2CCC[C@H]2CO)NC1=C=O. The Morgan fingerprint density at radius 1 is 1.61 bits per heavy atom. The van der Waals surface area contributed by atoms with Gasteiger partial charge in [-0.15, -0.1) is 11.3 Å². The van der Waals surface area contributed by atoms with Gasteiger partial charge in [0.05, 0.1) is 24.1 Å². The molecule has 3 rings (SSSR count). The van der Waals surface area contributed by atoms with Crippen molar-refractivity contribution in [3.63, 3.8) is 0 Å². The number of thiophene rings is 1. The molecule has 23 heavy (non-hydrogen) atoms. The van der Waals surface area contributed by atoms with Gasteiger partial charge in [-0.2, -0.15) is 0 Å². The maximum atomic E-state index is 11.4. The Kier molecular flexibility index (Phi) is 4.81. The van der Waals surface area contributed by atoms with Crippen molar-refractivity contribution in [1.82, 2.24) is 10.2 Å². The van der Waals surface area contributed by atoms with Crippen molar-refractivity contribution in [3.8, 4) is 0 Å². The number of hydrogen-bond acceptors (Lipinski definition) is 7. The molecule has 0 aromatic carbocycles. The normalized spacial score (nSPS) is 21.1. The monoisotopic (exact) mass is 333 g/mol. The molecule has 1 fully saturated rings. The molecule has 122 valence electrons. The first-order chi connectivity index (χ1) is 11.3. The largest absolute Gasteiger partial charge is 0.489 e. The van der Waals surface area contributed by atoms with Crippen LogP contribution in [0.2, 0.25) is 0 Å². The summed E-state index contributed by atoms with van der Waals surface area (Å²) in [5.74, 6) is 2.92. The van der Waals surface area contributed by atoms with Crippen molar-refractivity contribution < 1.29 is 14.6 Å². The van der Waals surface area contributed by atoms with Crippen molar-refractivity contribution in [2.45, 2.75) is 25.8 Å². The minimum atomic E-state index is 0.0207. The summed E-state index contributed by atoms with van der Waals surface area (Å²) in [6, 6.07) is 3.90. The molecule has 0 unspecified atom stereocenters. The van der Waals surface area contributed by atoms with Crippen molar-refractivity contribution in [3.05, 3.63) is 33.8 Å². The third kappa shape index (κ3) is 3.03. The van der Waals surface area contributed by atoms with Gasteiger partial charge in [0, 0.05) is 6.54 Å². The van der Waals surface area contributed by atoms with Crippen molar-refractivity contribution in [2.75, 3.05) is 19.8 Å². The van der Waals surface area contributed by atoms with Crippen LogP contribution >= 0.6 is 11.3 Å². The zero-order valence-electron chi connectivity index (χ0n) is 12.9. The second-order valence-corrected chi connectivity index (χ2v) is 6.25. The van der Waals surface area contributed by atoms with Gasteiger partial charge >= 0.3 is 0 Å². The second kappa shape index (κ2) is 7.00. The second-order valence-electron chi connectivity index (χ2n) is 5.30. The van der Waals surface area contributed by atoms with E-state index >= 15 is 0 Å². The number of aliphatic hydroxyl groups is 1. The van der Waals surface area contributed by atoms with E-state index in [0.29, 0.717) is 24.0 Å². The van der Waals surface area contributed by atoms with Crippen LogP contribution in [0.5, 0.6) is 0 Å². The predicted molar refractivity (Wildman–Crippen MR) is 89.5 cm³/mol. The molecule has 7 heteroatoms. The summed E-state index contributed by atoms with van der Waals surface area (Å²) in [4.78, 5) is 19.0. The fourth-order valence-corrected chi connectivity index (χ4v) is 3.56. The Morgan fingerprint density at radius 3 is 3.13 bits per heavy atom. The van der Waals surface area contributed by atoms with Crippen molar-refractivity contribution in [2.24, 2.45) is 4.99 Å². The van der Waals surface area contributed by atoms with E-state index in [1.807, 2.05) is 35.3 Å². The van der Waals surface area contributed by atoms with Crippen LogP contribution in [0.4, 0.5) is 0 Å². The number of aliphatic hydroxyl groups excluding tert-OH is 1. The maximum Gasteiger partial charge on any atom is 0.204 e. The van der Waals surface area contributed by atoms with Gasteiger partial charge in [-0.25, -0.2) is 9.79 Å². The van der Waals surface area contributed by atoms with Gasteiger partial charge in [0.25, 0.3) is 0 Å². The Morgan fingerprint density at radius 2 is 2.48 bits per heavy atom. The quantitative estimate of drug-likeness (QED) is 0.819. The van der Waals surface area contributed by atoms with Crippen LogP contribution < -0.4 is 5.32 Å². The molecule has 6 nitrogen and oxygen atoms in total. The first kappa shape index (κ1) is 15.8. The molecule has 3 heterocycles. The van der Waals surface area contributed by atoms with Gasteiger partial charge in [0.1, 0.15) is 5.70 Å². The third-order valence-corrected chi connectivity index (χ3v) is 4.78. The molecule has 1 saturated heterocycles. The lowest BCUT2D eigenvalue weighted by Crippen LogP contribution is -2.46. The Bertz CT molecular complexity index is 675. The molecule has 2 aliphatic heterocycles. The third-order valence-electron chi connectivity index (χ3n) is 3.90. The average Bonchev–Trinajstić information content (AvgIpc) is 3.26. The van der Waals surface area contributed by atoms with E-state index in [0.717, 1.165) is 24.3 Å². The minimum Gasteiger partial charge on any atom is -0.489 e. The molecule has 0 amide bonds. The zero-order chi connectivity index (χ0) is 16.2. The highest BCUT2D eigenvalue weighted by molar-refractivity contribution is 7.11. The molecule has 0 saturated carbocycles. The Hall–Kier alpha value is -2.08. The maximum absolute atomic E-state index is 11.4. The molecule has 2 N–H and O–H groups in total. The lowest BCUT2D eigenvalue weighted by Gasteiger charge is -2.30.